The first-order valence-corrected chi connectivity index (χ1v) is 13.5. The summed E-state index contributed by atoms with van der Waals surface area (Å²) >= 11 is 7.78. The van der Waals surface area contributed by atoms with Gasteiger partial charge in [-0.2, -0.15) is 5.26 Å². The molecular weight excluding hydrogens is 534 g/mol. The first-order valence-electron chi connectivity index (χ1n) is 12.2. The zero-order valence-electron chi connectivity index (χ0n) is 21.4. The van der Waals surface area contributed by atoms with Crippen LogP contribution in [0.1, 0.15) is 24.0 Å². The zero-order valence-corrected chi connectivity index (χ0v) is 22.9. The number of esters is 1. The van der Waals surface area contributed by atoms with E-state index in [0.717, 1.165) is 5.56 Å². The minimum Gasteiger partial charge on any atom is -0.497 e. The molecule has 0 unspecified atom stereocenters. The summed E-state index contributed by atoms with van der Waals surface area (Å²) in [5.41, 5.74) is 2.99. The maximum atomic E-state index is 13.4. The lowest BCUT2D eigenvalue weighted by Gasteiger charge is -2.31. The number of allylic oxidation sites excluding steroid dienone is 1. The van der Waals surface area contributed by atoms with Crippen molar-refractivity contribution in [2.24, 2.45) is 0 Å². The average molecular weight is 560 g/mol. The van der Waals surface area contributed by atoms with Crippen LogP contribution in [0.15, 0.2) is 95.0 Å². The highest BCUT2D eigenvalue weighted by molar-refractivity contribution is 8.03. The average Bonchev–Trinajstić information content (AvgIpc) is 2.96. The van der Waals surface area contributed by atoms with Gasteiger partial charge in [-0.1, -0.05) is 71.9 Å². The number of nitrogens with zero attached hydrogens (tertiary/aromatic N) is 1. The van der Waals surface area contributed by atoms with Crippen LogP contribution in [0.4, 0.5) is 5.69 Å². The van der Waals surface area contributed by atoms with Crippen molar-refractivity contribution in [1.29, 1.82) is 5.26 Å². The molecule has 1 aliphatic heterocycles. The SMILES string of the molecule is CCOC(=O)C1=C(c2ccccc2)NC(SCC(=O)Nc2ccc(OC)cc2)=C(C#N)[C@@H]1c1ccccc1Cl. The molecule has 0 fully saturated rings. The van der Waals surface area contributed by atoms with E-state index in [9.17, 15) is 14.9 Å². The molecule has 0 saturated carbocycles. The Hall–Kier alpha value is -4.19. The first-order chi connectivity index (χ1) is 19.0. The fraction of sp³-hybridized carbons (Fsp3) is 0.167. The number of methoxy groups -OCH3 is 1. The Morgan fingerprint density at radius 3 is 2.38 bits per heavy atom. The van der Waals surface area contributed by atoms with Crippen LogP contribution in [-0.4, -0.2) is 31.3 Å². The van der Waals surface area contributed by atoms with Crippen molar-refractivity contribution in [2.75, 3.05) is 24.8 Å². The highest BCUT2D eigenvalue weighted by Gasteiger charge is 2.38. The Morgan fingerprint density at radius 1 is 1.05 bits per heavy atom. The van der Waals surface area contributed by atoms with Crippen LogP contribution >= 0.6 is 23.4 Å². The molecule has 0 aromatic heterocycles. The lowest BCUT2D eigenvalue weighted by atomic mass is 9.81. The minimum absolute atomic E-state index is 0.0194. The Morgan fingerprint density at radius 2 is 1.74 bits per heavy atom. The topological polar surface area (TPSA) is 100 Å². The van der Waals surface area contributed by atoms with E-state index < -0.39 is 11.9 Å². The summed E-state index contributed by atoms with van der Waals surface area (Å²) in [6, 6.07) is 25.7. The molecule has 0 aliphatic carbocycles. The van der Waals surface area contributed by atoms with Gasteiger partial charge in [0.1, 0.15) is 5.75 Å². The maximum absolute atomic E-state index is 13.4. The van der Waals surface area contributed by atoms with Gasteiger partial charge in [-0.3, -0.25) is 4.79 Å². The number of anilines is 1. The first kappa shape index (κ1) is 27.8. The van der Waals surface area contributed by atoms with Crippen LogP contribution in [0, 0.1) is 11.3 Å². The van der Waals surface area contributed by atoms with E-state index in [1.54, 1.807) is 62.6 Å². The number of ether oxygens (including phenoxy) is 2. The highest BCUT2D eigenvalue weighted by Crippen LogP contribution is 2.45. The summed E-state index contributed by atoms with van der Waals surface area (Å²) < 4.78 is 10.6. The quantitative estimate of drug-likeness (QED) is 0.305. The zero-order chi connectivity index (χ0) is 27.8. The standard InChI is InChI=1S/C30H26ClN3O4S/c1-3-38-30(36)27-26(22-11-7-8-12-24(22)31)23(17-32)29(34-28(27)19-9-5-4-6-10-19)39-18-25(35)33-20-13-15-21(37-2)16-14-20/h4-16,26,34H,3,18H2,1-2H3,(H,33,35)/t26-/m0/s1. The van der Waals surface area contributed by atoms with Crippen molar-refractivity contribution < 1.29 is 19.1 Å². The summed E-state index contributed by atoms with van der Waals surface area (Å²) in [5.74, 6) is -0.909. The van der Waals surface area contributed by atoms with Gasteiger partial charge in [0.05, 0.1) is 53.3 Å². The van der Waals surface area contributed by atoms with Crippen molar-refractivity contribution in [3.63, 3.8) is 0 Å². The summed E-state index contributed by atoms with van der Waals surface area (Å²) in [4.78, 5) is 26.2. The van der Waals surface area contributed by atoms with Crippen molar-refractivity contribution in [3.8, 4) is 11.8 Å². The second-order valence-corrected chi connectivity index (χ2v) is 9.77. The molecule has 3 aromatic rings. The number of benzene rings is 3. The molecule has 0 radical (unpaired) electrons. The van der Waals surface area contributed by atoms with Gasteiger partial charge in [-0.05, 0) is 48.4 Å². The molecule has 1 aliphatic rings. The number of carbonyl (C=O) groups excluding carboxylic acids is 2. The van der Waals surface area contributed by atoms with Gasteiger partial charge in [0.2, 0.25) is 5.91 Å². The largest absolute Gasteiger partial charge is 0.497 e. The molecule has 0 spiro atoms. The second kappa shape index (κ2) is 13.1. The van der Waals surface area contributed by atoms with Crippen LogP contribution < -0.4 is 15.4 Å². The number of thioether (sulfide) groups is 1. The van der Waals surface area contributed by atoms with E-state index in [-0.39, 0.29) is 29.4 Å². The maximum Gasteiger partial charge on any atom is 0.337 e. The van der Waals surface area contributed by atoms with E-state index >= 15 is 0 Å². The van der Waals surface area contributed by atoms with Crippen molar-refractivity contribution in [3.05, 3.63) is 111 Å². The Bertz CT molecular complexity index is 1460. The van der Waals surface area contributed by atoms with Gasteiger partial charge in [-0.15, -0.1) is 0 Å². The van der Waals surface area contributed by atoms with Gasteiger partial charge in [0.25, 0.3) is 0 Å². The normalized spacial score (nSPS) is 14.8. The third kappa shape index (κ3) is 6.45. The molecule has 0 saturated heterocycles. The number of dihydropyridines is 1. The highest BCUT2D eigenvalue weighted by atomic mass is 35.5. The number of rotatable bonds is 9. The second-order valence-electron chi connectivity index (χ2n) is 8.37. The lowest BCUT2D eigenvalue weighted by Crippen LogP contribution is -2.30. The van der Waals surface area contributed by atoms with Crippen molar-refractivity contribution in [1.82, 2.24) is 5.32 Å². The Labute approximate surface area is 236 Å². The molecule has 1 heterocycles. The number of hydrogen-bond acceptors (Lipinski definition) is 7. The van der Waals surface area contributed by atoms with Gasteiger partial charge < -0.3 is 20.1 Å². The van der Waals surface area contributed by atoms with Crippen molar-refractivity contribution in [2.45, 2.75) is 12.8 Å². The Balaban J connectivity index is 1.74. The van der Waals surface area contributed by atoms with Crippen LogP contribution in [0.2, 0.25) is 5.02 Å². The fourth-order valence-electron chi connectivity index (χ4n) is 4.19. The van der Waals surface area contributed by atoms with E-state index in [2.05, 4.69) is 16.7 Å². The van der Waals surface area contributed by atoms with Gasteiger partial charge >= 0.3 is 5.97 Å². The van der Waals surface area contributed by atoms with E-state index in [1.807, 2.05) is 30.3 Å². The minimum atomic E-state index is -0.800. The molecular formula is C30H26ClN3O4S. The van der Waals surface area contributed by atoms with Gasteiger partial charge in [0, 0.05) is 10.7 Å². The van der Waals surface area contributed by atoms with Crippen LogP contribution in [0.3, 0.4) is 0 Å². The number of nitriles is 1. The number of nitrogens with one attached hydrogen (secondary N) is 2. The van der Waals surface area contributed by atoms with Crippen LogP contribution in [0.5, 0.6) is 5.75 Å². The molecule has 7 nitrogen and oxygen atoms in total. The number of hydrogen-bond donors (Lipinski definition) is 2. The van der Waals surface area contributed by atoms with Crippen LogP contribution in [-0.2, 0) is 14.3 Å². The number of halogens is 1. The van der Waals surface area contributed by atoms with Crippen molar-refractivity contribution >= 4 is 46.6 Å². The summed E-state index contributed by atoms with van der Waals surface area (Å²) in [6.07, 6.45) is 0. The molecule has 1 atom stereocenters. The molecule has 3 aromatic carbocycles. The predicted octanol–water partition coefficient (Wildman–Crippen LogP) is 6.12. The predicted molar refractivity (Wildman–Crippen MR) is 154 cm³/mol. The molecule has 0 bridgehead atoms. The van der Waals surface area contributed by atoms with Crippen LogP contribution in [0.25, 0.3) is 5.70 Å². The lowest BCUT2D eigenvalue weighted by molar-refractivity contribution is -0.138. The summed E-state index contributed by atoms with van der Waals surface area (Å²) in [5, 5.41) is 17.3. The molecule has 4 rings (SSSR count). The number of amides is 1. The Kier molecular flexibility index (Phi) is 9.31. The van der Waals surface area contributed by atoms with Gasteiger partial charge in [0.15, 0.2) is 0 Å². The third-order valence-corrected chi connectivity index (χ3v) is 7.31. The third-order valence-electron chi connectivity index (χ3n) is 5.95. The summed E-state index contributed by atoms with van der Waals surface area (Å²) in [7, 11) is 1.57. The van der Waals surface area contributed by atoms with Gasteiger partial charge in [-0.25, -0.2) is 4.79 Å². The fourth-order valence-corrected chi connectivity index (χ4v) is 5.27. The molecule has 1 amide bonds. The molecule has 9 heteroatoms. The monoisotopic (exact) mass is 559 g/mol. The van der Waals surface area contributed by atoms with E-state index in [1.165, 1.54) is 11.8 Å². The molecule has 2 N–H and O–H groups in total. The van der Waals surface area contributed by atoms with E-state index in [0.29, 0.717) is 32.7 Å². The van der Waals surface area contributed by atoms with E-state index in [4.69, 9.17) is 21.1 Å². The summed E-state index contributed by atoms with van der Waals surface area (Å²) in [6.45, 7) is 1.89. The molecule has 198 valence electrons. The smallest absolute Gasteiger partial charge is 0.337 e. The molecule has 39 heavy (non-hydrogen) atoms. The number of carbonyl (C=O) groups is 2.